The van der Waals surface area contributed by atoms with E-state index >= 15 is 0 Å². The fraction of sp³-hybridized carbons (Fsp3) is 0.718. The number of hydrogen-bond donors (Lipinski definition) is 3. The van der Waals surface area contributed by atoms with Crippen LogP contribution in [0.1, 0.15) is 119 Å². The molecule has 0 radical (unpaired) electrons. The van der Waals surface area contributed by atoms with Crippen LogP contribution in [0.2, 0.25) is 0 Å². The predicted molar refractivity (Wildman–Crippen MR) is 191 cm³/mol. The van der Waals surface area contributed by atoms with E-state index in [1.807, 2.05) is 25.1 Å². The van der Waals surface area contributed by atoms with Gasteiger partial charge >= 0.3 is 18.0 Å². The van der Waals surface area contributed by atoms with Crippen LogP contribution in [0.15, 0.2) is 30.3 Å². The zero-order chi connectivity index (χ0) is 37.1. The molecule has 11 heteroatoms. The van der Waals surface area contributed by atoms with Gasteiger partial charge in [0.05, 0.1) is 24.4 Å². The van der Waals surface area contributed by atoms with E-state index in [9.17, 15) is 24.0 Å². The van der Waals surface area contributed by atoms with Gasteiger partial charge in [-0.15, -0.1) is 0 Å². The Morgan fingerprint density at radius 1 is 0.920 bits per heavy atom. The van der Waals surface area contributed by atoms with E-state index < -0.39 is 46.5 Å². The van der Waals surface area contributed by atoms with Gasteiger partial charge in [0.25, 0.3) is 0 Å². The molecule has 2 aliphatic rings. The number of hydrogen-bond acceptors (Lipinski definition) is 8. The van der Waals surface area contributed by atoms with Crippen molar-refractivity contribution >= 4 is 29.8 Å². The smallest absolute Gasteiger partial charge is 0.408 e. The lowest BCUT2D eigenvalue weighted by Crippen LogP contribution is -2.54. The molecule has 3 N–H and O–H groups in total. The van der Waals surface area contributed by atoms with Gasteiger partial charge in [-0.25, -0.2) is 4.79 Å². The number of carbonyl (C=O) groups excluding carboxylic acids is 5. The zero-order valence-corrected chi connectivity index (χ0v) is 31.5. The minimum Gasteiger partial charge on any atom is -0.466 e. The van der Waals surface area contributed by atoms with Crippen molar-refractivity contribution in [2.75, 3.05) is 13.2 Å². The Morgan fingerprint density at radius 2 is 1.56 bits per heavy atom. The standard InChI is InChI=1S/C39H61N3O8/c1-9-48-34(45)31-20-19-30(23-28(31)18-17-27-15-11-10-12-16-27)42-35(46)39(21-13-14-22-39)29(24-32(43)49-37(3,4)5)25-40-33(44)26(2)41-36(47)50-38(6,7)8/h10-12,15-16,26,28-31H,9,13-14,17-25H2,1-8H3,(H,40,44)(H,41,47)(H,42,46)/t26-,28?,29?,30?,31?/m1/s1. The van der Waals surface area contributed by atoms with E-state index in [-0.39, 0.29) is 42.7 Å². The number of aryl methyl sites for hydroxylation is 1. The summed E-state index contributed by atoms with van der Waals surface area (Å²) in [7, 11) is 0. The lowest BCUT2D eigenvalue weighted by atomic mass is 9.70. The van der Waals surface area contributed by atoms with Crippen molar-refractivity contribution in [3.8, 4) is 0 Å². The van der Waals surface area contributed by atoms with Crippen molar-refractivity contribution in [3.05, 3.63) is 35.9 Å². The Balaban J connectivity index is 1.78. The number of amides is 3. The fourth-order valence-electron chi connectivity index (χ4n) is 7.40. The maximum atomic E-state index is 14.5. The Labute approximate surface area is 298 Å². The van der Waals surface area contributed by atoms with Crippen molar-refractivity contribution in [1.82, 2.24) is 16.0 Å². The number of esters is 2. The first kappa shape index (κ1) is 40.8. The van der Waals surface area contributed by atoms with Gasteiger partial charge in [-0.3, -0.25) is 19.2 Å². The minimum absolute atomic E-state index is 0.0450. The second-order valence-corrected chi connectivity index (χ2v) is 16.1. The quantitative estimate of drug-likeness (QED) is 0.158. The van der Waals surface area contributed by atoms with Gasteiger partial charge in [-0.1, -0.05) is 43.2 Å². The number of nitrogens with one attached hydrogen (secondary N) is 3. The third-order valence-corrected chi connectivity index (χ3v) is 9.77. The fourth-order valence-corrected chi connectivity index (χ4v) is 7.40. The second kappa shape index (κ2) is 18.0. The third-order valence-electron chi connectivity index (χ3n) is 9.77. The molecule has 1 aromatic rings. The van der Waals surface area contributed by atoms with Crippen LogP contribution in [0.5, 0.6) is 0 Å². The molecule has 280 valence electrons. The monoisotopic (exact) mass is 699 g/mol. The van der Waals surface area contributed by atoms with E-state index in [0.29, 0.717) is 38.7 Å². The van der Waals surface area contributed by atoms with Crippen LogP contribution in [0, 0.1) is 23.2 Å². The summed E-state index contributed by atoms with van der Waals surface area (Å²) < 4.78 is 16.4. The van der Waals surface area contributed by atoms with Crippen molar-refractivity contribution in [3.63, 3.8) is 0 Å². The van der Waals surface area contributed by atoms with Crippen molar-refractivity contribution < 1.29 is 38.2 Å². The van der Waals surface area contributed by atoms with Gasteiger partial charge in [0.1, 0.15) is 17.2 Å². The number of alkyl carbamates (subject to hydrolysis) is 1. The van der Waals surface area contributed by atoms with Crippen molar-refractivity contribution in [2.24, 2.45) is 23.2 Å². The van der Waals surface area contributed by atoms with Crippen molar-refractivity contribution in [2.45, 2.75) is 143 Å². The van der Waals surface area contributed by atoms with Crippen LogP contribution < -0.4 is 16.0 Å². The summed E-state index contributed by atoms with van der Waals surface area (Å²) >= 11 is 0. The van der Waals surface area contributed by atoms with Gasteiger partial charge in [0.15, 0.2) is 0 Å². The van der Waals surface area contributed by atoms with Crippen LogP contribution in [0.25, 0.3) is 0 Å². The summed E-state index contributed by atoms with van der Waals surface area (Å²) in [6.45, 7) is 14.4. The summed E-state index contributed by atoms with van der Waals surface area (Å²) in [5.41, 5.74) is -1.13. The Hall–Kier alpha value is -3.63. The molecule has 0 saturated heterocycles. The first-order valence-corrected chi connectivity index (χ1v) is 18.4. The summed E-state index contributed by atoms with van der Waals surface area (Å²) in [6.07, 6.45) is 5.57. The van der Waals surface area contributed by atoms with E-state index in [1.54, 1.807) is 48.5 Å². The third kappa shape index (κ3) is 12.6. The Morgan fingerprint density at radius 3 is 2.16 bits per heavy atom. The maximum Gasteiger partial charge on any atom is 0.408 e. The van der Waals surface area contributed by atoms with Crippen LogP contribution in [-0.4, -0.2) is 66.3 Å². The molecule has 2 aliphatic carbocycles. The molecule has 1 aromatic carbocycles. The van der Waals surface area contributed by atoms with Gasteiger partial charge in [0.2, 0.25) is 11.8 Å². The molecule has 0 aliphatic heterocycles. The van der Waals surface area contributed by atoms with Crippen molar-refractivity contribution in [1.29, 1.82) is 0 Å². The first-order chi connectivity index (χ1) is 23.4. The molecule has 4 unspecified atom stereocenters. The van der Waals surface area contributed by atoms with E-state index in [0.717, 1.165) is 25.7 Å². The average molecular weight is 700 g/mol. The number of benzene rings is 1. The summed E-state index contributed by atoms with van der Waals surface area (Å²) in [4.78, 5) is 66.1. The van der Waals surface area contributed by atoms with E-state index in [1.165, 1.54) is 5.56 Å². The van der Waals surface area contributed by atoms with Crippen LogP contribution in [0.3, 0.4) is 0 Å². The van der Waals surface area contributed by atoms with Gasteiger partial charge in [0, 0.05) is 18.5 Å². The lowest BCUT2D eigenvalue weighted by molar-refractivity contribution is -0.158. The van der Waals surface area contributed by atoms with Crippen LogP contribution >= 0.6 is 0 Å². The molecular formula is C39H61N3O8. The van der Waals surface area contributed by atoms with Crippen LogP contribution in [0.4, 0.5) is 4.79 Å². The Bertz CT molecular complexity index is 1300. The van der Waals surface area contributed by atoms with E-state index in [4.69, 9.17) is 14.2 Å². The normalized spacial score (nSPS) is 21.6. The number of carbonyl (C=O) groups is 5. The molecule has 5 atom stereocenters. The predicted octanol–water partition coefficient (Wildman–Crippen LogP) is 6.02. The zero-order valence-electron chi connectivity index (χ0n) is 31.5. The average Bonchev–Trinajstić information content (AvgIpc) is 3.52. The largest absolute Gasteiger partial charge is 0.466 e. The second-order valence-electron chi connectivity index (χ2n) is 16.1. The Kier molecular flexibility index (Phi) is 14.7. The molecule has 3 amide bonds. The van der Waals surface area contributed by atoms with Gasteiger partial charge in [-0.05, 0) is 112 Å². The van der Waals surface area contributed by atoms with Gasteiger partial charge < -0.3 is 30.2 Å². The highest BCUT2D eigenvalue weighted by molar-refractivity contribution is 5.86. The highest BCUT2D eigenvalue weighted by atomic mass is 16.6. The molecule has 0 spiro atoms. The summed E-state index contributed by atoms with van der Waals surface area (Å²) in [5, 5.41) is 8.81. The minimum atomic E-state index is -0.900. The summed E-state index contributed by atoms with van der Waals surface area (Å²) in [6, 6.07) is 9.14. The molecule has 0 bridgehead atoms. The highest BCUT2D eigenvalue weighted by Gasteiger charge is 2.49. The molecular weight excluding hydrogens is 638 g/mol. The molecule has 50 heavy (non-hydrogen) atoms. The molecule has 11 nitrogen and oxygen atoms in total. The highest BCUT2D eigenvalue weighted by Crippen LogP contribution is 2.47. The topological polar surface area (TPSA) is 149 Å². The molecule has 2 saturated carbocycles. The maximum absolute atomic E-state index is 14.5. The SMILES string of the molecule is CCOC(=O)C1CCC(NC(=O)C2(C(CNC(=O)[C@@H](C)NC(=O)OC(C)(C)C)CC(=O)OC(C)(C)C)CCCC2)CC1CCc1ccccc1. The molecule has 3 rings (SSSR count). The van der Waals surface area contributed by atoms with E-state index in [2.05, 4.69) is 28.1 Å². The molecule has 2 fully saturated rings. The van der Waals surface area contributed by atoms with Gasteiger partial charge in [-0.2, -0.15) is 0 Å². The number of ether oxygens (including phenoxy) is 3. The summed E-state index contributed by atoms with van der Waals surface area (Å²) in [5.74, 6) is -1.90. The molecule has 0 aromatic heterocycles. The lowest BCUT2D eigenvalue weighted by Gasteiger charge is -2.40. The van der Waals surface area contributed by atoms with Crippen LogP contribution in [-0.2, 0) is 39.8 Å². The number of rotatable bonds is 14. The first-order valence-electron chi connectivity index (χ1n) is 18.4. The molecule has 0 heterocycles.